The summed E-state index contributed by atoms with van der Waals surface area (Å²) in [5.74, 6) is -1.17. The highest BCUT2D eigenvalue weighted by molar-refractivity contribution is 5.75. The van der Waals surface area contributed by atoms with Crippen molar-refractivity contribution < 1.29 is 34.8 Å². The number of aliphatic hydroxyl groups is 4. The first kappa shape index (κ1) is 13.0. The highest BCUT2D eigenvalue weighted by Gasteiger charge is 2.34. The first-order valence-electron chi connectivity index (χ1n) is 3.71. The van der Waals surface area contributed by atoms with E-state index in [-0.39, 0.29) is 6.29 Å². The topological polar surface area (TPSA) is 124 Å². The van der Waals surface area contributed by atoms with Crippen LogP contribution in [0.1, 0.15) is 0 Å². The minimum Gasteiger partial charge on any atom is -0.467 e. The van der Waals surface area contributed by atoms with Crippen molar-refractivity contribution in [3.63, 3.8) is 0 Å². The first-order valence-corrected chi connectivity index (χ1v) is 3.71. The van der Waals surface area contributed by atoms with Gasteiger partial charge in [0.2, 0.25) is 0 Å². The van der Waals surface area contributed by atoms with Gasteiger partial charge in [0.25, 0.3) is 0 Å². The van der Waals surface area contributed by atoms with Crippen molar-refractivity contribution in [1.29, 1.82) is 0 Å². The number of carbonyl (C=O) groups is 2. The van der Waals surface area contributed by atoms with Crippen LogP contribution in [0.5, 0.6) is 0 Å². The SMILES string of the molecule is COC(=O)[C@@H](O)[C@H](O)[C@H](O)[C@@H](O)C=O. The molecule has 7 heteroatoms. The number of methoxy groups -OCH3 is 1. The summed E-state index contributed by atoms with van der Waals surface area (Å²) in [6.45, 7) is 0. The molecule has 0 aliphatic carbocycles. The fourth-order valence-corrected chi connectivity index (χ4v) is 0.729. The van der Waals surface area contributed by atoms with Crippen LogP contribution >= 0.6 is 0 Å². The largest absolute Gasteiger partial charge is 0.467 e. The number of esters is 1. The van der Waals surface area contributed by atoms with Crippen molar-refractivity contribution in [3.05, 3.63) is 0 Å². The summed E-state index contributed by atoms with van der Waals surface area (Å²) < 4.78 is 4.07. The lowest BCUT2D eigenvalue weighted by atomic mass is 10.0. The van der Waals surface area contributed by atoms with Crippen LogP contribution in [-0.4, -0.2) is 64.2 Å². The number of hydrogen-bond donors (Lipinski definition) is 4. The molecule has 0 aromatic carbocycles. The molecule has 82 valence electrons. The van der Waals surface area contributed by atoms with Crippen molar-refractivity contribution in [2.75, 3.05) is 7.11 Å². The van der Waals surface area contributed by atoms with E-state index in [1.807, 2.05) is 0 Å². The molecule has 7 nitrogen and oxygen atoms in total. The van der Waals surface area contributed by atoms with Crippen molar-refractivity contribution in [2.45, 2.75) is 24.4 Å². The normalized spacial score (nSPS) is 19.2. The average Bonchev–Trinajstić information content (AvgIpc) is 2.23. The molecule has 0 aromatic heterocycles. The maximum Gasteiger partial charge on any atom is 0.337 e. The zero-order valence-electron chi connectivity index (χ0n) is 7.40. The summed E-state index contributed by atoms with van der Waals surface area (Å²) in [4.78, 5) is 20.6. The minimum atomic E-state index is -2.01. The fraction of sp³-hybridized carbons (Fsp3) is 0.714. The monoisotopic (exact) mass is 208 g/mol. The van der Waals surface area contributed by atoms with Crippen LogP contribution in [0, 0.1) is 0 Å². The van der Waals surface area contributed by atoms with Gasteiger partial charge in [-0.05, 0) is 0 Å². The van der Waals surface area contributed by atoms with Gasteiger partial charge in [-0.25, -0.2) is 4.79 Å². The van der Waals surface area contributed by atoms with E-state index < -0.39 is 30.4 Å². The van der Waals surface area contributed by atoms with Gasteiger partial charge in [-0.1, -0.05) is 0 Å². The Kier molecular flexibility index (Phi) is 5.24. The Morgan fingerprint density at radius 1 is 1.21 bits per heavy atom. The molecule has 0 spiro atoms. The third-order valence-corrected chi connectivity index (χ3v) is 1.61. The van der Waals surface area contributed by atoms with Gasteiger partial charge in [0, 0.05) is 0 Å². The van der Waals surface area contributed by atoms with Gasteiger partial charge in [-0.2, -0.15) is 0 Å². The number of rotatable bonds is 5. The van der Waals surface area contributed by atoms with E-state index >= 15 is 0 Å². The molecule has 0 unspecified atom stereocenters. The van der Waals surface area contributed by atoms with Crippen LogP contribution < -0.4 is 0 Å². The van der Waals surface area contributed by atoms with Gasteiger partial charge in [-0.3, -0.25) is 0 Å². The molecule has 14 heavy (non-hydrogen) atoms. The summed E-state index contributed by atoms with van der Waals surface area (Å²) in [6, 6.07) is 0. The van der Waals surface area contributed by atoms with Gasteiger partial charge >= 0.3 is 5.97 Å². The van der Waals surface area contributed by atoms with Crippen molar-refractivity contribution in [3.8, 4) is 0 Å². The van der Waals surface area contributed by atoms with E-state index in [9.17, 15) is 9.59 Å². The second-order valence-corrected chi connectivity index (χ2v) is 2.58. The minimum absolute atomic E-state index is 0.0299. The molecule has 0 heterocycles. The number of aldehydes is 1. The van der Waals surface area contributed by atoms with E-state index in [1.54, 1.807) is 0 Å². The smallest absolute Gasteiger partial charge is 0.337 e. The number of carbonyl (C=O) groups excluding carboxylic acids is 2. The quantitative estimate of drug-likeness (QED) is 0.277. The summed E-state index contributed by atoms with van der Waals surface area (Å²) in [5, 5.41) is 35.8. The molecule has 4 N–H and O–H groups in total. The second kappa shape index (κ2) is 5.66. The molecular formula is C7H12O7. The Bertz CT molecular complexity index is 204. The Morgan fingerprint density at radius 2 is 1.71 bits per heavy atom. The highest BCUT2D eigenvalue weighted by Crippen LogP contribution is 2.05. The molecule has 0 saturated carbocycles. The van der Waals surface area contributed by atoms with Crippen LogP contribution in [0.2, 0.25) is 0 Å². The lowest BCUT2D eigenvalue weighted by Crippen LogP contribution is -2.48. The third kappa shape index (κ3) is 3.04. The molecule has 0 aromatic rings. The van der Waals surface area contributed by atoms with E-state index in [2.05, 4.69) is 4.74 Å². The van der Waals surface area contributed by atoms with Crippen LogP contribution in [0.25, 0.3) is 0 Å². The zero-order chi connectivity index (χ0) is 11.3. The number of aliphatic hydroxyl groups excluding tert-OH is 4. The summed E-state index contributed by atoms with van der Waals surface area (Å²) in [5.41, 5.74) is 0. The average molecular weight is 208 g/mol. The Labute approximate surface area is 79.5 Å². The van der Waals surface area contributed by atoms with Crippen LogP contribution in [-0.2, 0) is 14.3 Å². The molecule has 0 fully saturated rings. The predicted octanol–water partition coefficient (Wildman–Crippen LogP) is -3.20. The van der Waals surface area contributed by atoms with Crippen LogP contribution in [0.4, 0.5) is 0 Å². The fourth-order valence-electron chi connectivity index (χ4n) is 0.729. The molecule has 0 rings (SSSR count). The molecule has 0 amide bonds. The van der Waals surface area contributed by atoms with Gasteiger partial charge < -0.3 is 30.0 Å². The molecule has 0 saturated heterocycles. The van der Waals surface area contributed by atoms with E-state index in [4.69, 9.17) is 20.4 Å². The van der Waals surface area contributed by atoms with Crippen LogP contribution in [0.3, 0.4) is 0 Å². The Morgan fingerprint density at radius 3 is 2.07 bits per heavy atom. The van der Waals surface area contributed by atoms with E-state index in [1.165, 1.54) is 0 Å². The van der Waals surface area contributed by atoms with Gasteiger partial charge in [0.1, 0.15) is 18.3 Å². The summed E-state index contributed by atoms with van der Waals surface area (Å²) in [6.07, 6.45) is -7.84. The Hall–Kier alpha value is -1.02. The van der Waals surface area contributed by atoms with Gasteiger partial charge in [0.15, 0.2) is 12.4 Å². The lowest BCUT2D eigenvalue weighted by Gasteiger charge is -2.22. The highest BCUT2D eigenvalue weighted by atomic mass is 16.5. The Balaban J connectivity index is 4.37. The van der Waals surface area contributed by atoms with Gasteiger partial charge in [0.05, 0.1) is 7.11 Å². The molecule has 0 radical (unpaired) electrons. The van der Waals surface area contributed by atoms with Gasteiger partial charge in [-0.15, -0.1) is 0 Å². The lowest BCUT2D eigenvalue weighted by molar-refractivity contribution is -0.166. The third-order valence-electron chi connectivity index (χ3n) is 1.61. The molecule has 0 aliphatic heterocycles. The summed E-state index contributed by atoms with van der Waals surface area (Å²) >= 11 is 0. The molecular weight excluding hydrogens is 196 g/mol. The zero-order valence-corrected chi connectivity index (χ0v) is 7.40. The van der Waals surface area contributed by atoms with E-state index in [0.717, 1.165) is 7.11 Å². The van der Waals surface area contributed by atoms with Crippen LogP contribution in [0.15, 0.2) is 0 Å². The second-order valence-electron chi connectivity index (χ2n) is 2.58. The van der Waals surface area contributed by atoms with Crippen molar-refractivity contribution in [2.24, 2.45) is 0 Å². The van der Waals surface area contributed by atoms with E-state index in [0.29, 0.717) is 0 Å². The summed E-state index contributed by atoms with van der Waals surface area (Å²) in [7, 11) is 0.973. The standard InChI is InChI=1S/C7H12O7/c1-14-7(13)6(12)5(11)4(10)3(9)2-8/h2-6,9-12H,1H3/t3-,4+,5+,6-/m0/s1. The van der Waals surface area contributed by atoms with Crippen molar-refractivity contribution >= 4 is 12.3 Å². The first-order chi connectivity index (χ1) is 6.45. The molecule has 0 bridgehead atoms. The number of hydrogen-bond acceptors (Lipinski definition) is 7. The maximum atomic E-state index is 10.7. The number of ether oxygens (including phenoxy) is 1. The maximum absolute atomic E-state index is 10.7. The molecule has 4 atom stereocenters. The molecule has 0 aliphatic rings. The van der Waals surface area contributed by atoms with Crippen molar-refractivity contribution in [1.82, 2.24) is 0 Å². The predicted molar refractivity (Wildman–Crippen MR) is 42.1 cm³/mol.